The fourth-order valence-electron chi connectivity index (χ4n) is 2.54. The van der Waals surface area contributed by atoms with E-state index in [0.717, 1.165) is 25.9 Å². The predicted molar refractivity (Wildman–Crippen MR) is 74.4 cm³/mol. The lowest BCUT2D eigenvalue weighted by Crippen LogP contribution is -2.50. The van der Waals surface area contributed by atoms with Crippen LogP contribution in [0.2, 0.25) is 0 Å². The summed E-state index contributed by atoms with van der Waals surface area (Å²) < 4.78 is 16.1. The quantitative estimate of drug-likeness (QED) is 0.713. The van der Waals surface area contributed by atoms with Crippen molar-refractivity contribution in [3.05, 3.63) is 0 Å². The normalized spacial score (nSPS) is 28.3. The zero-order valence-electron chi connectivity index (χ0n) is 12.7. The molecule has 1 saturated heterocycles. The average molecular weight is 275 g/mol. The van der Waals surface area contributed by atoms with Crippen molar-refractivity contribution < 1.29 is 19.3 Å². The molecule has 114 valence electrons. The van der Waals surface area contributed by atoms with Gasteiger partial charge in [-0.15, -0.1) is 0 Å². The maximum atomic E-state index is 10.0. The molecule has 1 fully saturated rings. The Morgan fingerprint density at radius 2 is 2.05 bits per heavy atom. The topological polar surface area (TPSA) is 51.2 Å². The van der Waals surface area contributed by atoms with Gasteiger partial charge in [-0.2, -0.15) is 0 Å². The van der Waals surface area contributed by atoms with Gasteiger partial charge in [0.15, 0.2) is 0 Å². The van der Waals surface area contributed by atoms with Crippen molar-refractivity contribution in [2.24, 2.45) is 0 Å². The molecule has 1 rings (SSSR count). The first-order valence-electron chi connectivity index (χ1n) is 7.05. The van der Waals surface area contributed by atoms with Gasteiger partial charge in [-0.3, -0.25) is 4.90 Å². The Balaban J connectivity index is 2.26. The highest BCUT2D eigenvalue weighted by Crippen LogP contribution is 2.23. The summed E-state index contributed by atoms with van der Waals surface area (Å²) in [5.74, 6) is 0. The van der Waals surface area contributed by atoms with E-state index in [2.05, 4.69) is 11.8 Å². The van der Waals surface area contributed by atoms with Crippen LogP contribution >= 0.6 is 0 Å². The van der Waals surface area contributed by atoms with E-state index in [1.54, 1.807) is 14.2 Å². The minimum Gasteiger partial charge on any atom is -0.389 e. The summed E-state index contributed by atoms with van der Waals surface area (Å²) in [5, 5.41) is 10.0. The van der Waals surface area contributed by atoms with Crippen LogP contribution in [-0.4, -0.2) is 74.9 Å². The van der Waals surface area contributed by atoms with Gasteiger partial charge in [0.25, 0.3) is 0 Å². The Morgan fingerprint density at radius 1 is 1.32 bits per heavy atom. The highest BCUT2D eigenvalue weighted by molar-refractivity contribution is 4.85. The van der Waals surface area contributed by atoms with Gasteiger partial charge >= 0.3 is 0 Å². The lowest BCUT2D eigenvalue weighted by atomic mass is 9.94. The first-order valence-corrected chi connectivity index (χ1v) is 7.05. The smallest absolute Gasteiger partial charge is 0.0900 e. The first-order chi connectivity index (χ1) is 8.99. The molecule has 0 bridgehead atoms. The number of hydrogen-bond acceptors (Lipinski definition) is 5. The van der Waals surface area contributed by atoms with E-state index in [1.165, 1.54) is 0 Å². The van der Waals surface area contributed by atoms with Crippen molar-refractivity contribution in [3.8, 4) is 0 Å². The summed E-state index contributed by atoms with van der Waals surface area (Å²) >= 11 is 0. The Labute approximate surface area is 116 Å². The molecule has 0 spiro atoms. The summed E-state index contributed by atoms with van der Waals surface area (Å²) in [6, 6.07) is 0. The zero-order valence-corrected chi connectivity index (χ0v) is 12.7. The number of hydrogen-bond donors (Lipinski definition) is 1. The molecule has 1 N–H and O–H groups in total. The van der Waals surface area contributed by atoms with Crippen molar-refractivity contribution in [2.75, 3.05) is 47.1 Å². The third-order valence-electron chi connectivity index (χ3n) is 3.67. The van der Waals surface area contributed by atoms with Crippen LogP contribution in [0.4, 0.5) is 0 Å². The van der Waals surface area contributed by atoms with Crippen molar-refractivity contribution in [1.29, 1.82) is 0 Å². The highest BCUT2D eigenvalue weighted by Gasteiger charge is 2.31. The number of likely N-dealkylation sites (tertiary alicyclic amines) is 1. The molecule has 5 heteroatoms. The molecule has 1 heterocycles. The SMILES string of the molecule is COCC(C)OCC(O)CN1CCCC(C)(OC)C1. The lowest BCUT2D eigenvalue weighted by Gasteiger charge is -2.40. The van der Waals surface area contributed by atoms with E-state index in [-0.39, 0.29) is 11.7 Å². The first kappa shape index (κ1) is 16.9. The van der Waals surface area contributed by atoms with Gasteiger partial charge in [0.05, 0.1) is 31.0 Å². The molecular weight excluding hydrogens is 246 g/mol. The summed E-state index contributed by atoms with van der Waals surface area (Å²) in [7, 11) is 3.41. The Morgan fingerprint density at radius 3 is 2.68 bits per heavy atom. The second-order valence-corrected chi connectivity index (χ2v) is 5.75. The minimum atomic E-state index is -0.460. The molecule has 0 aromatic heterocycles. The van der Waals surface area contributed by atoms with Crippen molar-refractivity contribution in [2.45, 2.75) is 44.5 Å². The van der Waals surface area contributed by atoms with Crippen LogP contribution in [-0.2, 0) is 14.2 Å². The molecule has 1 aliphatic heterocycles. The fraction of sp³-hybridized carbons (Fsp3) is 1.00. The number of nitrogens with zero attached hydrogens (tertiary/aromatic N) is 1. The Hall–Kier alpha value is -0.200. The molecule has 0 aromatic carbocycles. The summed E-state index contributed by atoms with van der Waals surface area (Å²) in [6.07, 6.45) is 1.75. The van der Waals surface area contributed by atoms with Gasteiger partial charge in [-0.25, -0.2) is 0 Å². The van der Waals surface area contributed by atoms with Gasteiger partial charge < -0.3 is 19.3 Å². The van der Waals surface area contributed by atoms with E-state index in [0.29, 0.717) is 19.8 Å². The molecule has 5 nitrogen and oxygen atoms in total. The van der Waals surface area contributed by atoms with E-state index in [4.69, 9.17) is 14.2 Å². The maximum absolute atomic E-state index is 10.0. The van der Waals surface area contributed by atoms with Crippen LogP contribution in [0.3, 0.4) is 0 Å². The standard InChI is InChI=1S/C14H29NO4/c1-12(9-17-3)19-10-13(16)8-15-7-5-6-14(2,11-15)18-4/h12-13,16H,5-11H2,1-4H3. The van der Waals surface area contributed by atoms with Crippen LogP contribution in [0, 0.1) is 0 Å². The van der Waals surface area contributed by atoms with Gasteiger partial charge in [0, 0.05) is 27.3 Å². The fourth-order valence-corrected chi connectivity index (χ4v) is 2.54. The third kappa shape index (κ3) is 6.19. The number of ether oxygens (including phenoxy) is 3. The number of methoxy groups -OCH3 is 2. The van der Waals surface area contributed by atoms with Gasteiger partial charge in [-0.1, -0.05) is 0 Å². The molecule has 0 aliphatic carbocycles. The second-order valence-electron chi connectivity index (χ2n) is 5.75. The van der Waals surface area contributed by atoms with Crippen molar-refractivity contribution in [3.63, 3.8) is 0 Å². The number of aliphatic hydroxyl groups is 1. The molecule has 0 saturated carbocycles. The largest absolute Gasteiger partial charge is 0.389 e. The zero-order chi connectivity index (χ0) is 14.3. The van der Waals surface area contributed by atoms with E-state index in [9.17, 15) is 5.11 Å². The molecule has 0 radical (unpaired) electrons. The summed E-state index contributed by atoms with van der Waals surface area (Å²) in [4.78, 5) is 2.25. The predicted octanol–water partition coefficient (Wildman–Crippen LogP) is 0.900. The molecule has 0 amide bonds. The Bertz CT molecular complexity index is 252. The van der Waals surface area contributed by atoms with Gasteiger partial charge in [-0.05, 0) is 33.2 Å². The Kier molecular flexibility index (Phi) is 7.25. The molecule has 1 aliphatic rings. The van der Waals surface area contributed by atoms with Gasteiger partial charge in [0.1, 0.15) is 0 Å². The average Bonchev–Trinajstić information content (AvgIpc) is 2.37. The van der Waals surface area contributed by atoms with E-state index in [1.807, 2.05) is 6.92 Å². The van der Waals surface area contributed by atoms with E-state index >= 15 is 0 Å². The molecule has 3 atom stereocenters. The summed E-state index contributed by atoms with van der Waals surface area (Å²) in [5.41, 5.74) is -0.0812. The monoisotopic (exact) mass is 275 g/mol. The van der Waals surface area contributed by atoms with Crippen molar-refractivity contribution >= 4 is 0 Å². The van der Waals surface area contributed by atoms with Crippen LogP contribution in [0.1, 0.15) is 26.7 Å². The van der Waals surface area contributed by atoms with Crippen LogP contribution in [0.25, 0.3) is 0 Å². The number of β-amino-alcohol motifs (C(OH)–C–C–N with tert-alkyl or cyclic N) is 1. The van der Waals surface area contributed by atoms with Crippen LogP contribution in [0.5, 0.6) is 0 Å². The number of aliphatic hydroxyl groups excluding tert-OH is 1. The van der Waals surface area contributed by atoms with Crippen molar-refractivity contribution in [1.82, 2.24) is 4.90 Å². The maximum Gasteiger partial charge on any atom is 0.0900 e. The van der Waals surface area contributed by atoms with Crippen LogP contribution in [0.15, 0.2) is 0 Å². The lowest BCUT2D eigenvalue weighted by molar-refractivity contribution is -0.0731. The molecule has 0 aromatic rings. The number of piperidine rings is 1. The molecule has 19 heavy (non-hydrogen) atoms. The van der Waals surface area contributed by atoms with Gasteiger partial charge in [0.2, 0.25) is 0 Å². The number of rotatable bonds is 8. The minimum absolute atomic E-state index is 0.0187. The second kappa shape index (κ2) is 8.17. The highest BCUT2D eigenvalue weighted by atomic mass is 16.5. The van der Waals surface area contributed by atoms with Crippen LogP contribution < -0.4 is 0 Å². The molecular formula is C14H29NO4. The molecule has 3 unspecified atom stereocenters. The van der Waals surface area contributed by atoms with E-state index < -0.39 is 6.10 Å². The summed E-state index contributed by atoms with van der Waals surface area (Å²) in [6.45, 7) is 7.50. The third-order valence-corrected chi connectivity index (χ3v) is 3.67.